The number of carbonyl (C=O) groups excluding carboxylic acids is 1. The molecule has 2 aliphatic heterocycles. The number of nitrogens with zero attached hydrogens (tertiary/aromatic N) is 4. The minimum atomic E-state index is 0.113. The van der Waals surface area contributed by atoms with E-state index in [2.05, 4.69) is 10.1 Å². The van der Waals surface area contributed by atoms with E-state index >= 15 is 0 Å². The minimum absolute atomic E-state index is 0.113. The smallest absolute Gasteiger partial charge is 0.253 e. The molecule has 0 aromatic carbocycles. The Kier molecular flexibility index (Phi) is 3.46. The van der Waals surface area contributed by atoms with E-state index in [0.717, 1.165) is 43.0 Å². The highest BCUT2D eigenvalue weighted by Gasteiger charge is 2.29. The van der Waals surface area contributed by atoms with Gasteiger partial charge in [0.15, 0.2) is 0 Å². The van der Waals surface area contributed by atoms with Crippen LogP contribution < -0.4 is 0 Å². The lowest BCUT2D eigenvalue weighted by molar-refractivity contribution is -0.128. The molecule has 1 aromatic rings. The van der Waals surface area contributed by atoms with Gasteiger partial charge in [0.2, 0.25) is 0 Å². The Balaban J connectivity index is 1.73. The molecule has 3 rings (SSSR count). The van der Waals surface area contributed by atoms with Crippen molar-refractivity contribution < 1.29 is 9.53 Å². The first-order valence-corrected chi connectivity index (χ1v) is 7.15. The normalized spacial score (nSPS) is 22.6. The first kappa shape index (κ1) is 13.1. The molecule has 0 unspecified atom stereocenters. The van der Waals surface area contributed by atoms with Crippen LogP contribution in [0.3, 0.4) is 0 Å². The number of aryl methyl sites for hydroxylation is 2. The lowest BCUT2D eigenvalue weighted by atomic mass is 10.0. The third kappa shape index (κ3) is 2.42. The molecule has 1 fully saturated rings. The van der Waals surface area contributed by atoms with Crippen LogP contribution in [-0.4, -0.2) is 45.3 Å². The molecule has 2 aliphatic rings. The third-order valence-corrected chi connectivity index (χ3v) is 3.93. The summed E-state index contributed by atoms with van der Waals surface area (Å²) in [5, 5.41) is 4.45. The Morgan fingerprint density at radius 2 is 2.30 bits per heavy atom. The summed E-state index contributed by atoms with van der Waals surface area (Å²) in [6, 6.07) is 0.233. The number of aromatic nitrogens is 3. The first-order chi connectivity index (χ1) is 9.65. The molecule has 0 radical (unpaired) electrons. The van der Waals surface area contributed by atoms with Crippen molar-refractivity contribution in [2.75, 3.05) is 19.7 Å². The zero-order valence-corrected chi connectivity index (χ0v) is 12.0. The van der Waals surface area contributed by atoms with Crippen molar-refractivity contribution >= 4 is 5.91 Å². The van der Waals surface area contributed by atoms with Gasteiger partial charge in [0, 0.05) is 19.5 Å². The van der Waals surface area contributed by atoms with Gasteiger partial charge in [0.05, 0.1) is 24.5 Å². The summed E-state index contributed by atoms with van der Waals surface area (Å²) in [6.45, 7) is 6.02. The van der Waals surface area contributed by atoms with Crippen LogP contribution in [-0.2, 0) is 9.53 Å². The average molecular weight is 276 g/mol. The summed E-state index contributed by atoms with van der Waals surface area (Å²) in [5.41, 5.74) is 0.789. The fraction of sp³-hybridized carbons (Fsp3) is 0.643. The molecule has 0 aliphatic carbocycles. The van der Waals surface area contributed by atoms with E-state index in [1.807, 2.05) is 23.4 Å². The van der Waals surface area contributed by atoms with Gasteiger partial charge < -0.3 is 9.64 Å². The second-order valence-corrected chi connectivity index (χ2v) is 5.46. The van der Waals surface area contributed by atoms with Crippen LogP contribution in [0, 0.1) is 13.8 Å². The van der Waals surface area contributed by atoms with Crippen LogP contribution in [0.1, 0.15) is 37.0 Å². The zero-order chi connectivity index (χ0) is 14.1. The van der Waals surface area contributed by atoms with Crippen molar-refractivity contribution in [1.29, 1.82) is 0 Å². The number of ether oxygens (including phenoxy) is 1. The molecule has 20 heavy (non-hydrogen) atoms. The van der Waals surface area contributed by atoms with Gasteiger partial charge in [-0.15, -0.1) is 0 Å². The van der Waals surface area contributed by atoms with Gasteiger partial charge in [-0.1, -0.05) is 0 Å². The Hall–Kier alpha value is -1.85. The molecule has 6 heteroatoms. The highest BCUT2D eigenvalue weighted by Crippen LogP contribution is 2.24. The Morgan fingerprint density at radius 1 is 1.45 bits per heavy atom. The highest BCUT2D eigenvalue weighted by molar-refractivity contribution is 5.93. The van der Waals surface area contributed by atoms with Crippen LogP contribution in [0.25, 0.3) is 0 Å². The van der Waals surface area contributed by atoms with Crippen molar-refractivity contribution in [3.05, 3.63) is 23.5 Å². The highest BCUT2D eigenvalue weighted by atomic mass is 16.5. The Morgan fingerprint density at radius 3 is 2.95 bits per heavy atom. The SMILES string of the molecule is Cc1nc(C)n([C@H]2CCCN(C(=O)C3=COCC3)C2)n1. The van der Waals surface area contributed by atoms with Gasteiger partial charge >= 0.3 is 0 Å². The number of carbonyl (C=O) groups is 1. The fourth-order valence-electron chi connectivity index (χ4n) is 2.97. The first-order valence-electron chi connectivity index (χ1n) is 7.15. The van der Waals surface area contributed by atoms with Crippen LogP contribution >= 0.6 is 0 Å². The van der Waals surface area contributed by atoms with Crippen molar-refractivity contribution in [3.8, 4) is 0 Å². The number of hydrogen-bond donors (Lipinski definition) is 0. The molecule has 1 amide bonds. The summed E-state index contributed by atoms with van der Waals surface area (Å²) in [7, 11) is 0. The number of amides is 1. The molecule has 3 heterocycles. The topological polar surface area (TPSA) is 60.2 Å². The zero-order valence-electron chi connectivity index (χ0n) is 12.0. The summed E-state index contributed by atoms with van der Waals surface area (Å²) >= 11 is 0. The largest absolute Gasteiger partial charge is 0.500 e. The van der Waals surface area contributed by atoms with Gasteiger partial charge in [-0.05, 0) is 26.7 Å². The minimum Gasteiger partial charge on any atom is -0.500 e. The maximum atomic E-state index is 12.4. The van der Waals surface area contributed by atoms with Crippen molar-refractivity contribution in [2.24, 2.45) is 0 Å². The molecule has 1 atom stereocenters. The summed E-state index contributed by atoms with van der Waals surface area (Å²) in [4.78, 5) is 18.7. The van der Waals surface area contributed by atoms with Crippen LogP contribution in [0.2, 0.25) is 0 Å². The van der Waals surface area contributed by atoms with Gasteiger partial charge in [0.25, 0.3) is 5.91 Å². The summed E-state index contributed by atoms with van der Waals surface area (Å²) in [6.07, 6.45) is 4.38. The van der Waals surface area contributed by atoms with E-state index in [4.69, 9.17) is 4.74 Å². The van der Waals surface area contributed by atoms with E-state index in [1.165, 1.54) is 0 Å². The van der Waals surface area contributed by atoms with Gasteiger partial charge in [-0.25, -0.2) is 9.67 Å². The van der Waals surface area contributed by atoms with Crippen LogP contribution in [0.4, 0.5) is 0 Å². The van der Waals surface area contributed by atoms with Gasteiger partial charge in [0.1, 0.15) is 11.6 Å². The van der Waals surface area contributed by atoms with Crippen molar-refractivity contribution in [1.82, 2.24) is 19.7 Å². The number of rotatable bonds is 2. The molecule has 0 spiro atoms. The van der Waals surface area contributed by atoms with Crippen LogP contribution in [0.5, 0.6) is 0 Å². The predicted molar refractivity (Wildman–Crippen MR) is 73.0 cm³/mol. The maximum Gasteiger partial charge on any atom is 0.253 e. The van der Waals surface area contributed by atoms with Gasteiger partial charge in [-0.2, -0.15) is 5.10 Å². The molecule has 108 valence electrons. The average Bonchev–Trinajstić information content (AvgIpc) is 3.08. The quantitative estimate of drug-likeness (QED) is 0.818. The van der Waals surface area contributed by atoms with E-state index in [1.54, 1.807) is 6.26 Å². The Bertz CT molecular complexity index is 549. The molecular weight excluding hydrogens is 256 g/mol. The standard InChI is InChI=1S/C14H20N4O2/c1-10-15-11(2)18(16-10)13-4-3-6-17(8-13)14(19)12-5-7-20-9-12/h9,13H,3-8H2,1-2H3/t13-/m0/s1. The lowest BCUT2D eigenvalue weighted by Gasteiger charge is -2.33. The Labute approximate surface area is 118 Å². The predicted octanol–water partition coefficient (Wildman–Crippen LogP) is 1.36. The van der Waals surface area contributed by atoms with Gasteiger partial charge in [-0.3, -0.25) is 4.79 Å². The molecule has 1 aromatic heterocycles. The molecule has 0 saturated carbocycles. The second kappa shape index (κ2) is 5.26. The lowest BCUT2D eigenvalue weighted by Crippen LogP contribution is -2.41. The monoisotopic (exact) mass is 276 g/mol. The summed E-state index contributed by atoms with van der Waals surface area (Å²) < 4.78 is 7.13. The molecule has 0 bridgehead atoms. The molecular formula is C14H20N4O2. The van der Waals surface area contributed by atoms with E-state index < -0.39 is 0 Å². The van der Waals surface area contributed by atoms with Crippen LogP contribution in [0.15, 0.2) is 11.8 Å². The number of piperidine rings is 1. The molecule has 1 saturated heterocycles. The summed E-state index contributed by atoms with van der Waals surface area (Å²) in [5.74, 6) is 1.82. The van der Waals surface area contributed by atoms with E-state index in [0.29, 0.717) is 13.2 Å². The fourth-order valence-corrected chi connectivity index (χ4v) is 2.97. The van der Waals surface area contributed by atoms with E-state index in [-0.39, 0.29) is 11.9 Å². The third-order valence-electron chi connectivity index (χ3n) is 3.93. The van der Waals surface area contributed by atoms with Crippen molar-refractivity contribution in [3.63, 3.8) is 0 Å². The second-order valence-electron chi connectivity index (χ2n) is 5.46. The molecule has 0 N–H and O–H groups in total. The molecule has 6 nitrogen and oxygen atoms in total. The number of likely N-dealkylation sites (tertiary alicyclic amines) is 1. The van der Waals surface area contributed by atoms with Crippen molar-refractivity contribution in [2.45, 2.75) is 39.2 Å². The van der Waals surface area contributed by atoms with E-state index in [9.17, 15) is 4.79 Å². The maximum absolute atomic E-state index is 12.4. The number of hydrogen-bond acceptors (Lipinski definition) is 4.